The van der Waals surface area contributed by atoms with Gasteiger partial charge in [-0.1, -0.05) is 0 Å². The molecule has 0 aliphatic carbocycles. The lowest BCUT2D eigenvalue weighted by atomic mass is 10.1. The molecule has 106 valence electrons. The van der Waals surface area contributed by atoms with Crippen LogP contribution in [0.1, 0.15) is 12.8 Å². The molecule has 1 unspecified atom stereocenters. The molecule has 2 aromatic rings. The second-order valence-corrected chi connectivity index (χ2v) is 5.43. The van der Waals surface area contributed by atoms with Gasteiger partial charge in [0.15, 0.2) is 0 Å². The van der Waals surface area contributed by atoms with Crippen LogP contribution in [0.5, 0.6) is 0 Å². The number of H-pyrrole nitrogens is 1. The Balaban J connectivity index is 1.91. The molecular formula is C14H19N5O. The summed E-state index contributed by atoms with van der Waals surface area (Å²) in [5.41, 5.74) is 8.00. The minimum atomic E-state index is -0.161. The van der Waals surface area contributed by atoms with Gasteiger partial charge in [0.1, 0.15) is 0 Å². The molecule has 0 saturated carbocycles. The third kappa shape index (κ3) is 2.46. The Bertz CT molecular complexity index is 681. The second-order valence-electron chi connectivity index (χ2n) is 5.43. The van der Waals surface area contributed by atoms with Gasteiger partial charge in [-0.3, -0.25) is 4.79 Å². The van der Waals surface area contributed by atoms with Crippen LogP contribution < -0.4 is 16.6 Å². The first kappa shape index (κ1) is 12.9. The van der Waals surface area contributed by atoms with Crippen molar-refractivity contribution < 1.29 is 0 Å². The molecule has 0 radical (unpaired) electrons. The number of nitrogen functional groups attached to an aromatic ring is 1. The van der Waals surface area contributed by atoms with Gasteiger partial charge in [-0.25, -0.2) is 4.98 Å². The van der Waals surface area contributed by atoms with E-state index in [1.54, 1.807) is 6.07 Å². The van der Waals surface area contributed by atoms with E-state index in [4.69, 9.17) is 5.73 Å². The fourth-order valence-corrected chi connectivity index (χ4v) is 2.76. The lowest BCUT2D eigenvalue weighted by Gasteiger charge is -2.31. The number of aromatic nitrogens is 2. The molecule has 20 heavy (non-hydrogen) atoms. The first-order valence-electron chi connectivity index (χ1n) is 6.85. The lowest BCUT2D eigenvalue weighted by Crippen LogP contribution is -2.39. The zero-order valence-corrected chi connectivity index (χ0v) is 11.5. The molecule has 1 aliphatic heterocycles. The maximum Gasteiger partial charge on any atom is 0.258 e. The number of nitrogens with two attached hydrogens (primary N) is 1. The number of hydrogen-bond acceptors (Lipinski definition) is 5. The van der Waals surface area contributed by atoms with E-state index < -0.39 is 0 Å². The molecule has 0 bridgehead atoms. The van der Waals surface area contributed by atoms with Crippen molar-refractivity contribution in [1.82, 2.24) is 14.9 Å². The highest BCUT2D eigenvalue weighted by molar-refractivity contribution is 5.88. The van der Waals surface area contributed by atoms with Crippen LogP contribution in [-0.4, -0.2) is 41.0 Å². The maximum atomic E-state index is 11.7. The number of nitrogens with one attached hydrogen (secondary N) is 2. The number of aromatic amines is 1. The van der Waals surface area contributed by atoms with Crippen molar-refractivity contribution in [2.75, 3.05) is 31.2 Å². The van der Waals surface area contributed by atoms with Gasteiger partial charge in [0.05, 0.1) is 28.6 Å². The zero-order valence-electron chi connectivity index (χ0n) is 11.5. The van der Waals surface area contributed by atoms with Crippen LogP contribution in [0.2, 0.25) is 0 Å². The standard InChI is InChI=1S/C14H19N5O/c1-19-4-2-3-9(7-19)18-13-6-12-10(5-11(13)15)14(20)17-8-16-12/h5-6,8-9,18H,2-4,7,15H2,1H3,(H,16,17,20). The first-order chi connectivity index (χ1) is 9.63. The molecule has 6 nitrogen and oxygen atoms in total. The molecule has 1 atom stereocenters. The first-order valence-corrected chi connectivity index (χ1v) is 6.85. The van der Waals surface area contributed by atoms with E-state index in [0.717, 1.165) is 25.2 Å². The van der Waals surface area contributed by atoms with Crippen molar-refractivity contribution in [1.29, 1.82) is 0 Å². The van der Waals surface area contributed by atoms with Gasteiger partial charge < -0.3 is 20.9 Å². The number of nitrogens with zero attached hydrogens (tertiary/aromatic N) is 2. The van der Waals surface area contributed by atoms with Gasteiger partial charge in [0.25, 0.3) is 5.56 Å². The number of hydrogen-bond donors (Lipinski definition) is 3. The Hall–Kier alpha value is -2.08. The number of rotatable bonds is 2. The third-order valence-electron chi connectivity index (χ3n) is 3.80. The average molecular weight is 273 g/mol. The topological polar surface area (TPSA) is 87.0 Å². The van der Waals surface area contributed by atoms with Crippen LogP contribution in [-0.2, 0) is 0 Å². The average Bonchev–Trinajstić information content (AvgIpc) is 2.41. The number of benzene rings is 1. The van der Waals surface area contributed by atoms with Crippen LogP contribution in [0.25, 0.3) is 10.9 Å². The fraction of sp³-hybridized carbons (Fsp3) is 0.429. The quantitative estimate of drug-likeness (QED) is 0.711. The number of piperidine rings is 1. The summed E-state index contributed by atoms with van der Waals surface area (Å²) in [6, 6.07) is 3.93. The molecule has 1 fully saturated rings. The lowest BCUT2D eigenvalue weighted by molar-refractivity contribution is 0.261. The highest BCUT2D eigenvalue weighted by Gasteiger charge is 2.18. The molecule has 4 N–H and O–H groups in total. The van der Waals surface area contributed by atoms with E-state index in [1.807, 2.05) is 6.07 Å². The van der Waals surface area contributed by atoms with E-state index in [2.05, 4.69) is 27.2 Å². The predicted molar refractivity (Wildman–Crippen MR) is 80.9 cm³/mol. The van der Waals surface area contributed by atoms with Crippen LogP contribution in [0.3, 0.4) is 0 Å². The molecule has 1 aromatic carbocycles. The smallest absolute Gasteiger partial charge is 0.258 e. The fourth-order valence-electron chi connectivity index (χ4n) is 2.76. The summed E-state index contributed by atoms with van der Waals surface area (Å²) in [6.45, 7) is 2.14. The molecular weight excluding hydrogens is 254 g/mol. The molecule has 3 rings (SSSR count). The van der Waals surface area contributed by atoms with Gasteiger partial charge in [0, 0.05) is 12.6 Å². The van der Waals surface area contributed by atoms with Crippen molar-refractivity contribution in [2.45, 2.75) is 18.9 Å². The summed E-state index contributed by atoms with van der Waals surface area (Å²) in [4.78, 5) is 20.8. The number of anilines is 2. The molecule has 6 heteroatoms. The van der Waals surface area contributed by atoms with Gasteiger partial charge in [-0.2, -0.15) is 0 Å². The Labute approximate surface area is 117 Å². The summed E-state index contributed by atoms with van der Waals surface area (Å²) in [6.07, 6.45) is 3.73. The summed E-state index contributed by atoms with van der Waals surface area (Å²) in [7, 11) is 2.12. The Morgan fingerprint density at radius 3 is 3.15 bits per heavy atom. The van der Waals surface area contributed by atoms with Crippen LogP contribution >= 0.6 is 0 Å². The maximum absolute atomic E-state index is 11.7. The Morgan fingerprint density at radius 2 is 2.35 bits per heavy atom. The summed E-state index contributed by atoms with van der Waals surface area (Å²) < 4.78 is 0. The van der Waals surface area contributed by atoms with E-state index in [0.29, 0.717) is 22.6 Å². The van der Waals surface area contributed by atoms with Gasteiger partial charge in [-0.15, -0.1) is 0 Å². The van der Waals surface area contributed by atoms with E-state index in [-0.39, 0.29) is 5.56 Å². The molecule has 1 aromatic heterocycles. The minimum absolute atomic E-state index is 0.161. The van der Waals surface area contributed by atoms with Crippen molar-refractivity contribution in [2.24, 2.45) is 0 Å². The molecule has 1 aliphatic rings. The summed E-state index contributed by atoms with van der Waals surface area (Å²) in [5.74, 6) is 0. The largest absolute Gasteiger partial charge is 0.397 e. The van der Waals surface area contributed by atoms with Gasteiger partial charge in [-0.05, 0) is 38.6 Å². The van der Waals surface area contributed by atoms with Crippen LogP contribution in [0.15, 0.2) is 23.3 Å². The highest BCUT2D eigenvalue weighted by atomic mass is 16.1. The van der Waals surface area contributed by atoms with Crippen molar-refractivity contribution in [3.05, 3.63) is 28.8 Å². The van der Waals surface area contributed by atoms with Crippen molar-refractivity contribution in [3.8, 4) is 0 Å². The Kier molecular flexibility index (Phi) is 3.31. The molecule has 0 amide bonds. The summed E-state index contributed by atoms with van der Waals surface area (Å²) in [5, 5.41) is 4.00. The van der Waals surface area contributed by atoms with E-state index in [9.17, 15) is 4.79 Å². The zero-order chi connectivity index (χ0) is 14.1. The normalized spacial score (nSPS) is 20.1. The van der Waals surface area contributed by atoms with Gasteiger partial charge in [0.2, 0.25) is 0 Å². The minimum Gasteiger partial charge on any atom is -0.397 e. The predicted octanol–water partition coefficient (Wildman–Crippen LogP) is 1.01. The Morgan fingerprint density at radius 1 is 1.50 bits per heavy atom. The second kappa shape index (κ2) is 5.13. The van der Waals surface area contributed by atoms with Crippen LogP contribution in [0, 0.1) is 0 Å². The molecule has 2 heterocycles. The van der Waals surface area contributed by atoms with Crippen molar-refractivity contribution >= 4 is 22.3 Å². The third-order valence-corrected chi connectivity index (χ3v) is 3.80. The van der Waals surface area contributed by atoms with Gasteiger partial charge >= 0.3 is 0 Å². The molecule has 0 spiro atoms. The van der Waals surface area contributed by atoms with E-state index in [1.165, 1.54) is 12.7 Å². The SMILES string of the molecule is CN1CCCC(Nc2cc3nc[nH]c(=O)c3cc2N)C1. The monoisotopic (exact) mass is 273 g/mol. The van der Waals surface area contributed by atoms with Crippen LogP contribution in [0.4, 0.5) is 11.4 Å². The number of fused-ring (bicyclic) bond motifs is 1. The van der Waals surface area contributed by atoms with Crippen molar-refractivity contribution in [3.63, 3.8) is 0 Å². The number of likely N-dealkylation sites (tertiary alicyclic amines) is 1. The highest BCUT2D eigenvalue weighted by Crippen LogP contribution is 2.25. The molecule has 1 saturated heterocycles. The van der Waals surface area contributed by atoms with E-state index >= 15 is 0 Å². The number of likely N-dealkylation sites (N-methyl/N-ethyl adjacent to an activating group) is 1. The summed E-state index contributed by atoms with van der Waals surface area (Å²) >= 11 is 0.